The molecule has 1 atom stereocenters. The van der Waals surface area contributed by atoms with Gasteiger partial charge in [0.05, 0.1) is 24.0 Å². The van der Waals surface area contributed by atoms with E-state index < -0.39 is 33.1 Å². The number of carbonyl (C=O) groups excluding carboxylic acids is 1. The molecule has 3 aromatic rings. The summed E-state index contributed by atoms with van der Waals surface area (Å²) in [5.41, 5.74) is 7.73. The molecule has 3 aromatic carbocycles. The van der Waals surface area contributed by atoms with Gasteiger partial charge in [-0.1, -0.05) is 54.3 Å². The van der Waals surface area contributed by atoms with Crippen LogP contribution in [0.15, 0.2) is 83.8 Å². The molecule has 0 heterocycles. The predicted molar refractivity (Wildman–Crippen MR) is 129 cm³/mol. The van der Waals surface area contributed by atoms with Crippen molar-refractivity contribution in [1.82, 2.24) is 0 Å². The van der Waals surface area contributed by atoms with Gasteiger partial charge in [0.15, 0.2) is 6.61 Å². The molecule has 0 amide bonds. The van der Waals surface area contributed by atoms with E-state index in [1.54, 1.807) is 61.7 Å². The van der Waals surface area contributed by atoms with E-state index in [0.717, 1.165) is 11.1 Å². The number of carboxylic acids is 1. The van der Waals surface area contributed by atoms with Crippen molar-refractivity contribution in [2.75, 3.05) is 13.7 Å². The maximum absolute atomic E-state index is 13.1. The molecule has 0 aliphatic carbocycles. The van der Waals surface area contributed by atoms with Crippen molar-refractivity contribution in [2.24, 2.45) is 5.73 Å². The van der Waals surface area contributed by atoms with Crippen LogP contribution in [0.2, 0.25) is 0 Å². The molecule has 0 aliphatic heterocycles. The van der Waals surface area contributed by atoms with Crippen LogP contribution >= 0.6 is 0 Å². The number of ether oxygens (including phenoxy) is 2. The second kappa shape index (κ2) is 10.9. The fourth-order valence-corrected chi connectivity index (χ4v) is 4.52. The van der Waals surface area contributed by atoms with E-state index in [-0.39, 0.29) is 11.5 Å². The summed E-state index contributed by atoms with van der Waals surface area (Å²) in [6.45, 7) is -0.347. The van der Waals surface area contributed by atoms with Crippen molar-refractivity contribution in [2.45, 2.75) is 16.2 Å². The standard InChI is InChI=1S/C26H23NO7S/c1-33-22-13-9-19(10-14-22)20-11-15-23(16-12-20)35(31,32)26(27,25(29)30)17-5-6-18-34-24(28)21-7-3-2-4-8-21/h2-4,7-16H,17-18,27H2,1H3,(H,29,30). The lowest BCUT2D eigenvalue weighted by molar-refractivity contribution is -0.139. The third-order valence-electron chi connectivity index (χ3n) is 5.19. The Bertz CT molecular complexity index is 1360. The Morgan fingerprint density at radius 1 is 0.914 bits per heavy atom. The summed E-state index contributed by atoms with van der Waals surface area (Å²) in [5.74, 6) is 3.19. The van der Waals surface area contributed by atoms with Gasteiger partial charge in [-0.25, -0.2) is 18.0 Å². The van der Waals surface area contributed by atoms with Gasteiger partial charge in [0.1, 0.15) is 5.75 Å². The zero-order chi connectivity index (χ0) is 25.5. The molecule has 0 saturated heterocycles. The maximum atomic E-state index is 13.1. The van der Waals surface area contributed by atoms with E-state index in [4.69, 9.17) is 15.2 Å². The fourth-order valence-electron chi connectivity index (χ4n) is 3.11. The van der Waals surface area contributed by atoms with Crippen LogP contribution in [0.4, 0.5) is 0 Å². The minimum Gasteiger partial charge on any atom is -0.497 e. The average Bonchev–Trinajstić information content (AvgIpc) is 2.88. The molecule has 8 nitrogen and oxygen atoms in total. The third kappa shape index (κ3) is 5.69. The van der Waals surface area contributed by atoms with Crippen LogP contribution in [-0.4, -0.2) is 44.1 Å². The summed E-state index contributed by atoms with van der Waals surface area (Å²) in [6.07, 6.45) is -0.701. The summed E-state index contributed by atoms with van der Waals surface area (Å²) < 4.78 is 36.3. The topological polar surface area (TPSA) is 133 Å². The lowest BCUT2D eigenvalue weighted by Crippen LogP contribution is -2.54. The van der Waals surface area contributed by atoms with Crippen LogP contribution in [0.1, 0.15) is 16.8 Å². The highest BCUT2D eigenvalue weighted by Gasteiger charge is 2.48. The number of aliphatic carboxylic acids is 1. The summed E-state index contributed by atoms with van der Waals surface area (Å²) in [7, 11) is -2.95. The van der Waals surface area contributed by atoms with Gasteiger partial charge in [0.25, 0.3) is 0 Å². The lowest BCUT2D eigenvalue weighted by atomic mass is 10.1. The Morgan fingerprint density at radius 2 is 1.49 bits per heavy atom. The van der Waals surface area contributed by atoms with Crippen LogP contribution < -0.4 is 10.5 Å². The molecule has 0 fully saturated rings. The second-order valence-corrected chi connectivity index (χ2v) is 9.63. The first-order chi connectivity index (χ1) is 16.7. The second-order valence-electron chi connectivity index (χ2n) is 7.42. The Kier molecular flexibility index (Phi) is 7.91. The molecule has 1 unspecified atom stereocenters. The molecule has 0 aliphatic rings. The first kappa shape index (κ1) is 25.5. The van der Waals surface area contributed by atoms with Crippen LogP contribution in [0.3, 0.4) is 0 Å². The van der Waals surface area contributed by atoms with Gasteiger partial charge in [-0.05, 0) is 47.5 Å². The third-order valence-corrected chi connectivity index (χ3v) is 7.36. The first-order valence-corrected chi connectivity index (χ1v) is 11.9. The zero-order valence-corrected chi connectivity index (χ0v) is 19.6. The number of sulfone groups is 1. The Labute approximate surface area is 203 Å². The van der Waals surface area contributed by atoms with Gasteiger partial charge >= 0.3 is 11.9 Å². The maximum Gasteiger partial charge on any atom is 0.340 e. The molecule has 0 bridgehead atoms. The number of benzene rings is 3. The van der Waals surface area contributed by atoms with E-state index in [0.29, 0.717) is 11.3 Å². The fraction of sp³-hybridized carbons (Fsp3) is 0.154. The monoisotopic (exact) mass is 493 g/mol. The molecule has 0 saturated carbocycles. The normalized spacial score (nSPS) is 12.5. The Morgan fingerprint density at radius 3 is 2.03 bits per heavy atom. The number of esters is 1. The number of carboxylic acid groups (broad SMARTS) is 1. The predicted octanol–water partition coefficient (Wildman–Crippen LogP) is 3.13. The van der Waals surface area contributed by atoms with Crippen molar-refractivity contribution in [3.8, 4) is 28.7 Å². The van der Waals surface area contributed by atoms with Crippen LogP contribution in [-0.2, 0) is 19.4 Å². The minimum atomic E-state index is -4.51. The van der Waals surface area contributed by atoms with Crippen molar-refractivity contribution in [3.63, 3.8) is 0 Å². The minimum absolute atomic E-state index is 0.253. The number of methoxy groups -OCH3 is 1. The Balaban J connectivity index is 1.73. The summed E-state index contributed by atoms with van der Waals surface area (Å²) in [5, 5.41) is 9.64. The van der Waals surface area contributed by atoms with Gasteiger partial charge in [-0.2, -0.15) is 0 Å². The van der Waals surface area contributed by atoms with Gasteiger partial charge in [-0.3, -0.25) is 0 Å². The lowest BCUT2D eigenvalue weighted by Gasteiger charge is -2.22. The highest BCUT2D eigenvalue weighted by Crippen LogP contribution is 2.28. The van der Waals surface area contributed by atoms with Crippen molar-refractivity contribution in [3.05, 3.63) is 84.4 Å². The van der Waals surface area contributed by atoms with E-state index in [1.807, 2.05) is 12.1 Å². The SMILES string of the molecule is COc1ccc(-c2ccc(S(=O)(=O)C(N)(CC#CCOC(=O)c3ccccc3)C(=O)O)cc2)cc1. The Hall–Kier alpha value is -4.13. The molecule has 0 spiro atoms. The number of hydrogen-bond donors (Lipinski definition) is 2. The molecule has 0 aromatic heterocycles. The van der Waals surface area contributed by atoms with Crippen LogP contribution in [0, 0.1) is 11.8 Å². The van der Waals surface area contributed by atoms with Crippen LogP contribution in [0.25, 0.3) is 11.1 Å². The van der Waals surface area contributed by atoms with Crippen molar-refractivity contribution < 1.29 is 32.6 Å². The highest BCUT2D eigenvalue weighted by molar-refractivity contribution is 7.93. The molecular weight excluding hydrogens is 470 g/mol. The average molecular weight is 494 g/mol. The summed E-state index contributed by atoms with van der Waals surface area (Å²) >= 11 is 0. The smallest absolute Gasteiger partial charge is 0.340 e. The molecule has 3 N–H and O–H groups in total. The van der Waals surface area contributed by atoms with E-state index in [2.05, 4.69) is 11.8 Å². The molecule has 3 rings (SSSR count). The molecular formula is C26H23NO7S. The van der Waals surface area contributed by atoms with Crippen LogP contribution in [0.5, 0.6) is 5.75 Å². The van der Waals surface area contributed by atoms with Crippen molar-refractivity contribution in [1.29, 1.82) is 0 Å². The van der Waals surface area contributed by atoms with Crippen molar-refractivity contribution >= 4 is 21.8 Å². The van der Waals surface area contributed by atoms with E-state index >= 15 is 0 Å². The molecule has 9 heteroatoms. The van der Waals surface area contributed by atoms with E-state index in [1.165, 1.54) is 12.1 Å². The number of hydrogen-bond acceptors (Lipinski definition) is 7. The zero-order valence-electron chi connectivity index (χ0n) is 18.8. The molecule has 180 valence electrons. The van der Waals surface area contributed by atoms with E-state index in [9.17, 15) is 23.1 Å². The summed E-state index contributed by atoms with van der Waals surface area (Å²) in [4.78, 5) is 20.8. The largest absolute Gasteiger partial charge is 0.497 e. The molecule has 35 heavy (non-hydrogen) atoms. The van der Waals surface area contributed by atoms with Gasteiger partial charge < -0.3 is 20.3 Å². The number of carbonyl (C=O) groups is 2. The highest BCUT2D eigenvalue weighted by atomic mass is 32.2. The summed E-state index contributed by atoms with van der Waals surface area (Å²) in [6, 6.07) is 21.1. The number of nitrogens with two attached hydrogens (primary N) is 1. The quantitative estimate of drug-likeness (QED) is 0.361. The van der Waals surface area contributed by atoms with Gasteiger partial charge in [0.2, 0.25) is 14.7 Å². The van der Waals surface area contributed by atoms with Gasteiger partial charge in [0, 0.05) is 0 Å². The number of rotatable bonds is 8. The first-order valence-electron chi connectivity index (χ1n) is 10.4. The molecule has 0 radical (unpaired) electrons. The van der Waals surface area contributed by atoms with Gasteiger partial charge in [-0.15, -0.1) is 0 Å².